The molecule has 4 nitrogen and oxygen atoms in total. The van der Waals surface area contributed by atoms with Crippen molar-refractivity contribution in [3.05, 3.63) is 30.3 Å². The summed E-state index contributed by atoms with van der Waals surface area (Å²) < 4.78 is 0. The van der Waals surface area contributed by atoms with Gasteiger partial charge in [-0.05, 0) is 12.1 Å². The fourth-order valence-corrected chi connectivity index (χ4v) is 0.879. The molecule has 0 aliphatic carbocycles. The van der Waals surface area contributed by atoms with Crippen molar-refractivity contribution in [3.8, 4) is 0 Å². The third-order valence-corrected chi connectivity index (χ3v) is 1.43. The van der Waals surface area contributed by atoms with E-state index in [0.29, 0.717) is 12.5 Å². The van der Waals surface area contributed by atoms with Gasteiger partial charge in [0.2, 0.25) is 0 Å². The van der Waals surface area contributed by atoms with Crippen LogP contribution in [0.3, 0.4) is 0 Å². The van der Waals surface area contributed by atoms with Crippen LogP contribution in [0, 0.1) is 0 Å². The molecule has 0 aromatic heterocycles. The van der Waals surface area contributed by atoms with Crippen molar-refractivity contribution in [2.45, 2.75) is 0 Å². The number of nitrogens with two attached hydrogens (primary N) is 1. The first-order chi connectivity index (χ1) is 6.33. The zero-order valence-electron chi connectivity index (χ0n) is 7.27. The minimum atomic E-state index is 0.0111. The smallest absolute Gasteiger partial charge is 0.193 e. The number of guanidine groups is 1. The average Bonchev–Trinajstić information content (AvgIpc) is 2.16. The predicted octanol–water partition coefficient (Wildman–Crippen LogP) is 0.405. The number of hydrogen-bond acceptors (Lipinski definition) is 2. The number of para-hydroxylation sites is 1. The highest BCUT2D eigenvalue weighted by Gasteiger charge is 1.91. The Morgan fingerprint density at radius 1 is 1.38 bits per heavy atom. The molecule has 1 aromatic rings. The highest BCUT2D eigenvalue weighted by Crippen LogP contribution is 2.03. The maximum atomic E-state index is 8.49. The summed E-state index contributed by atoms with van der Waals surface area (Å²) in [7, 11) is 0. The first kappa shape index (κ1) is 9.54. The number of aliphatic hydroxyl groups is 1. The molecule has 0 heterocycles. The molecule has 1 aromatic carbocycles. The number of aliphatic hydroxyl groups excluding tert-OH is 1. The second-order valence-electron chi connectivity index (χ2n) is 2.48. The van der Waals surface area contributed by atoms with Crippen LogP contribution >= 0.6 is 0 Å². The summed E-state index contributed by atoms with van der Waals surface area (Å²) in [6, 6.07) is 9.51. The first-order valence-electron chi connectivity index (χ1n) is 4.06. The molecule has 0 amide bonds. The lowest BCUT2D eigenvalue weighted by atomic mass is 10.3. The lowest BCUT2D eigenvalue weighted by molar-refractivity contribution is 0.307. The molecule has 0 aliphatic heterocycles. The summed E-state index contributed by atoms with van der Waals surface area (Å²) in [6.07, 6.45) is 0. The molecule has 70 valence electrons. The number of anilines is 1. The Balaban J connectivity index is 2.50. The number of rotatable bonds is 3. The van der Waals surface area contributed by atoms with Gasteiger partial charge >= 0.3 is 0 Å². The van der Waals surface area contributed by atoms with Gasteiger partial charge in [-0.25, -0.2) is 0 Å². The molecule has 1 rings (SSSR count). The molecular weight excluding hydrogens is 166 g/mol. The van der Waals surface area contributed by atoms with Crippen LogP contribution in [-0.4, -0.2) is 24.2 Å². The largest absolute Gasteiger partial charge is 0.394 e. The van der Waals surface area contributed by atoms with E-state index in [1.807, 2.05) is 30.3 Å². The molecule has 0 saturated heterocycles. The first-order valence-corrected chi connectivity index (χ1v) is 4.06. The fourth-order valence-electron chi connectivity index (χ4n) is 0.879. The molecule has 0 spiro atoms. The molecule has 0 fully saturated rings. The standard InChI is InChI=1S/C9H13N3O/c10-9(11-6-7-13)12-8-4-2-1-3-5-8/h1-5,13H,6-7H2,(H3,10,11,12). The molecule has 13 heavy (non-hydrogen) atoms. The fraction of sp³-hybridized carbons (Fsp3) is 0.222. The molecule has 0 saturated carbocycles. The highest BCUT2D eigenvalue weighted by atomic mass is 16.3. The Kier molecular flexibility index (Phi) is 3.78. The normalized spacial score (nSPS) is 11.3. The van der Waals surface area contributed by atoms with Gasteiger partial charge < -0.3 is 16.2 Å². The second-order valence-corrected chi connectivity index (χ2v) is 2.48. The van der Waals surface area contributed by atoms with E-state index in [4.69, 9.17) is 10.8 Å². The quantitative estimate of drug-likeness (QED) is 0.465. The zero-order valence-corrected chi connectivity index (χ0v) is 7.27. The van der Waals surface area contributed by atoms with Crippen molar-refractivity contribution in [1.82, 2.24) is 0 Å². The van der Waals surface area contributed by atoms with E-state index in [-0.39, 0.29) is 6.61 Å². The van der Waals surface area contributed by atoms with Gasteiger partial charge in [0.1, 0.15) is 0 Å². The SMILES string of the molecule is NC(=NCCO)Nc1ccccc1. The van der Waals surface area contributed by atoms with Gasteiger partial charge in [-0.3, -0.25) is 4.99 Å². The summed E-state index contributed by atoms with van der Waals surface area (Å²) in [6.45, 7) is 0.336. The Labute approximate surface area is 77.1 Å². The van der Waals surface area contributed by atoms with Crippen LogP contribution in [0.2, 0.25) is 0 Å². The molecule has 4 heteroatoms. The minimum absolute atomic E-state index is 0.0111. The summed E-state index contributed by atoms with van der Waals surface area (Å²) >= 11 is 0. The van der Waals surface area contributed by atoms with Gasteiger partial charge in [0.25, 0.3) is 0 Å². The number of nitrogens with one attached hydrogen (secondary N) is 1. The van der Waals surface area contributed by atoms with Crippen LogP contribution in [0.5, 0.6) is 0 Å². The lowest BCUT2D eigenvalue weighted by Gasteiger charge is -2.03. The van der Waals surface area contributed by atoms with Crippen molar-refractivity contribution >= 4 is 11.6 Å². The van der Waals surface area contributed by atoms with Crippen LogP contribution in [-0.2, 0) is 0 Å². The van der Waals surface area contributed by atoms with Gasteiger partial charge in [0.05, 0.1) is 13.2 Å². The summed E-state index contributed by atoms with van der Waals surface area (Å²) in [5.41, 5.74) is 6.41. The Morgan fingerprint density at radius 2 is 2.08 bits per heavy atom. The van der Waals surface area contributed by atoms with E-state index in [1.54, 1.807) is 0 Å². The summed E-state index contributed by atoms with van der Waals surface area (Å²) in [4.78, 5) is 3.87. The zero-order chi connectivity index (χ0) is 9.52. The van der Waals surface area contributed by atoms with Crippen LogP contribution in [0.1, 0.15) is 0 Å². The summed E-state index contributed by atoms with van der Waals surface area (Å²) in [5.74, 6) is 0.320. The minimum Gasteiger partial charge on any atom is -0.394 e. The van der Waals surface area contributed by atoms with Gasteiger partial charge in [0, 0.05) is 5.69 Å². The Bertz CT molecular complexity index is 271. The van der Waals surface area contributed by atoms with Crippen LogP contribution in [0.4, 0.5) is 5.69 Å². The predicted molar refractivity (Wildman–Crippen MR) is 53.6 cm³/mol. The average molecular weight is 179 g/mol. The van der Waals surface area contributed by atoms with Crippen LogP contribution in [0.25, 0.3) is 0 Å². The topological polar surface area (TPSA) is 70.6 Å². The molecule has 0 bridgehead atoms. The van der Waals surface area contributed by atoms with Crippen LogP contribution in [0.15, 0.2) is 35.3 Å². The Hall–Kier alpha value is -1.55. The summed E-state index contributed by atoms with van der Waals surface area (Å²) in [5, 5.41) is 11.4. The molecular formula is C9H13N3O. The van der Waals surface area contributed by atoms with E-state index in [9.17, 15) is 0 Å². The van der Waals surface area contributed by atoms with E-state index in [0.717, 1.165) is 5.69 Å². The van der Waals surface area contributed by atoms with E-state index >= 15 is 0 Å². The van der Waals surface area contributed by atoms with Gasteiger partial charge in [-0.1, -0.05) is 18.2 Å². The van der Waals surface area contributed by atoms with Crippen molar-refractivity contribution < 1.29 is 5.11 Å². The van der Waals surface area contributed by atoms with Crippen molar-refractivity contribution in [2.75, 3.05) is 18.5 Å². The number of benzene rings is 1. The molecule has 0 aliphatic rings. The molecule has 0 atom stereocenters. The van der Waals surface area contributed by atoms with Gasteiger partial charge in [-0.15, -0.1) is 0 Å². The third-order valence-electron chi connectivity index (χ3n) is 1.43. The Morgan fingerprint density at radius 3 is 2.69 bits per heavy atom. The monoisotopic (exact) mass is 179 g/mol. The van der Waals surface area contributed by atoms with Gasteiger partial charge in [-0.2, -0.15) is 0 Å². The van der Waals surface area contributed by atoms with E-state index in [1.165, 1.54) is 0 Å². The lowest BCUT2D eigenvalue weighted by Crippen LogP contribution is -2.23. The van der Waals surface area contributed by atoms with E-state index in [2.05, 4.69) is 10.3 Å². The second kappa shape index (κ2) is 5.16. The molecule has 4 N–H and O–H groups in total. The molecule has 0 radical (unpaired) electrons. The highest BCUT2D eigenvalue weighted by molar-refractivity contribution is 5.92. The van der Waals surface area contributed by atoms with Crippen molar-refractivity contribution in [2.24, 2.45) is 10.7 Å². The number of hydrogen-bond donors (Lipinski definition) is 3. The maximum Gasteiger partial charge on any atom is 0.193 e. The molecule has 0 unspecified atom stereocenters. The number of aliphatic imine (C=N–C) groups is 1. The van der Waals surface area contributed by atoms with Crippen molar-refractivity contribution in [3.63, 3.8) is 0 Å². The third kappa shape index (κ3) is 3.57. The van der Waals surface area contributed by atoms with E-state index < -0.39 is 0 Å². The number of nitrogens with zero attached hydrogens (tertiary/aromatic N) is 1. The maximum absolute atomic E-state index is 8.49. The van der Waals surface area contributed by atoms with Crippen LogP contribution < -0.4 is 11.1 Å². The van der Waals surface area contributed by atoms with Crippen molar-refractivity contribution in [1.29, 1.82) is 0 Å². The van der Waals surface area contributed by atoms with Gasteiger partial charge in [0.15, 0.2) is 5.96 Å².